The standard InChI is InChI=1S/C11H10ClNO3S/c12-8-1-2-9(10(5-8)13(15)16)11(14)7-3-4-17-6-7/h1-2,5,7H,3-4,6H2. The minimum atomic E-state index is -0.554. The van der Waals surface area contributed by atoms with Crippen LogP contribution in [0.15, 0.2) is 18.2 Å². The second-order valence-corrected chi connectivity index (χ2v) is 5.43. The Bertz CT molecular complexity index is 472. The van der Waals surface area contributed by atoms with E-state index in [1.165, 1.54) is 18.2 Å². The number of nitrogens with zero attached hydrogens (tertiary/aromatic N) is 1. The van der Waals surface area contributed by atoms with Crippen molar-refractivity contribution in [3.8, 4) is 0 Å². The number of benzene rings is 1. The molecule has 1 aliphatic rings. The molecule has 2 rings (SSSR count). The van der Waals surface area contributed by atoms with Gasteiger partial charge in [-0.25, -0.2) is 0 Å². The molecule has 4 nitrogen and oxygen atoms in total. The van der Waals surface area contributed by atoms with Gasteiger partial charge in [0.1, 0.15) is 0 Å². The van der Waals surface area contributed by atoms with Crippen molar-refractivity contribution in [2.24, 2.45) is 5.92 Å². The molecule has 1 aromatic rings. The Morgan fingerprint density at radius 1 is 1.53 bits per heavy atom. The number of carbonyl (C=O) groups is 1. The van der Waals surface area contributed by atoms with Crippen LogP contribution in [0, 0.1) is 16.0 Å². The number of hydrogen-bond acceptors (Lipinski definition) is 4. The van der Waals surface area contributed by atoms with E-state index in [0.717, 1.165) is 17.9 Å². The smallest absolute Gasteiger partial charge is 0.281 e. The zero-order valence-corrected chi connectivity index (χ0v) is 10.5. The fraction of sp³-hybridized carbons (Fsp3) is 0.364. The summed E-state index contributed by atoms with van der Waals surface area (Å²) in [5.41, 5.74) is -0.0219. The number of thioether (sulfide) groups is 1. The SMILES string of the molecule is O=C(c1ccc(Cl)cc1[N+](=O)[O-])C1CCSC1. The van der Waals surface area contributed by atoms with Gasteiger partial charge < -0.3 is 0 Å². The summed E-state index contributed by atoms with van der Waals surface area (Å²) in [5, 5.41) is 11.2. The molecule has 0 aliphatic carbocycles. The van der Waals surface area contributed by atoms with E-state index in [1.807, 2.05) is 0 Å². The Labute approximate surface area is 107 Å². The molecule has 0 amide bonds. The van der Waals surface area contributed by atoms with Crippen molar-refractivity contribution in [1.29, 1.82) is 0 Å². The summed E-state index contributed by atoms with van der Waals surface area (Å²) in [4.78, 5) is 22.5. The summed E-state index contributed by atoms with van der Waals surface area (Å²) < 4.78 is 0. The summed E-state index contributed by atoms with van der Waals surface area (Å²) >= 11 is 7.41. The summed E-state index contributed by atoms with van der Waals surface area (Å²) in [6.45, 7) is 0. The van der Waals surface area contributed by atoms with E-state index in [1.54, 1.807) is 11.8 Å². The molecule has 1 saturated heterocycles. The normalized spacial score (nSPS) is 19.2. The Kier molecular flexibility index (Phi) is 3.69. The maximum atomic E-state index is 12.1. The summed E-state index contributed by atoms with van der Waals surface area (Å²) in [7, 11) is 0. The van der Waals surface area contributed by atoms with Crippen LogP contribution in [0.2, 0.25) is 5.02 Å². The molecule has 0 radical (unpaired) electrons. The average Bonchev–Trinajstić information content (AvgIpc) is 2.81. The highest BCUT2D eigenvalue weighted by Crippen LogP contribution is 2.31. The van der Waals surface area contributed by atoms with Gasteiger partial charge >= 0.3 is 0 Å². The van der Waals surface area contributed by atoms with Crippen LogP contribution < -0.4 is 0 Å². The first-order chi connectivity index (χ1) is 8.09. The topological polar surface area (TPSA) is 60.2 Å². The van der Waals surface area contributed by atoms with Crippen molar-refractivity contribution in [2.45, 2.75) is 6.42 Å². The van der Waals surface area contributed by atoms with Gasteiger partial charge in [0.05, 0.1) is 10.5 Å². The zero-order chi connectivity index (χ0) is 12.4. The van der Waals surface area contributed by atoms with Crippen LogP contribution in [0.25, 0.3) is 0 Å². The van der Waals surface area contributed by atoms with Gasteiger partial charge in [0, 0.05) is 22.8 Å². The monoisotopic (exact) mass is 271 g/mol. The van der Waals surface area contributed by atoms with Gasteiger partial charge in [-0.2, -0.15) is 11.8 Å². The molecule has 0 aromatic heterocycles. The minimum absolute atomic E-state index is 0.0973. The Balaban J connectivity index is 2.36. The van der Waals surface area contributed by atoms with Gasteiger partial charge in [0.2, 0.25) is 0 Å². The lowest BCUT2D eigenvalue weighted by Gasteiger charge is -2.07. The number of rotatable bonds is 3. The third kappa shape index (κ3) is 2.61. The third-order valence-electron chi connectivity index (χ3n) is 2.72. The molecule has 90 valence electrons. The van der Waals surface area contributed by atoms with Crippen molar-refractivity contribution in [3.63, 3.8) is 0 Å². The second-order valence-electron chi connectivity index (χ2n) is 3.84. The van der Waals surface area contributed by atoms with Crippen molar-refractivity contribution in [3.05, 3.63) is 38.9 Å². The molecule has 1 heterocycles. The van der Waals surface area contributed by atoms with E-state index in [-0.39, 0.29) is 28.0 Å². The highest BCUT2D eigenvalue weighted by molar-refractivity contribution is 7.99. The number of nitro benzene ring substituents is 1. The molecule has 1 atom stereocenters. The molecular formula is C11H10ClNO3S. The molecule has 0 bridgehead atoms. The van der Waals surface area contributed by atoms with Gasteiger partial charge in [-0.1, -0.05) is 11.6 Å². The number of ketones is 1. The number of hydrogen-bond donors (Lipinski definition) is 0. The van der Waals surface area contributed by atoms with E-state index < -0.39 is 4.92 Å². The molecule has 1 aliphatic heterocycles. The first kappa shape index (κ1) is 12.4. The van der Waals surface area contributed by atoms with Gasteiger partial charge in [0.15, 0.2) is 5.78 Å². The third-order valence-corrected chi connectivity index (χ3v) is 4.12. The second kappa shape index (κ2) is 5.06. The molecule has 6 heteroatoms. The van der Waals surface area contributed by atoms with Crippen LogP contribution in [-0.2, 0) is 0 Å². The number of Topliss-reactive ketones (excluding diaryl/α,β-unsaturated/α-hetero) is 1. The summed E-state index contributed by atoms with van der Waals surface area (Å²) in [5.74, 6) is 1.45. The van der Waals surface area contributed by atoms with Gasteiger partial charge in [0.25, 0.3) is 5.69 Å². The van der Waals surface area contributed by atoms with Crippen molar-refractivity contribution < 1.29 is 9.72 Å². The van der Waals surface area contributed by atoms with Gasteiger partial charge in [-0.3, -0.25) is 14.9 Å². The van der Waals surface area contributed by atoms with E-state index in [9.17, 15) is 14.9 Å². The molecule has 0 saturated carbocycles. The Morgan fingerprint density at radius 2 is 2.29 bits per heavy atom. The lowest BCUT2D eigenvalue weighted by Crippen LogP contribution is -2.15. The maximum absolute atomic E-state index is 12.1. The number of halogens is 1. The van der Waals surface area contributed by atoms with E-state index >= 15 is 0 Å². The fourth-order valence-corrected chi connectivity index (χ4v) is 3.21. The molecule has 17 heavy (non-hydrogen) atoms. The predicted molar refractivity (Wildman–Crippen MR) is 67.9 cm³/mol. The van der Waals surface area contributed by atoms with E-state index in [4.69, 9.17) is 11.6 Å². The first-order valence-electron chi connectivity index (χ1n) is 5.15. The molecule has 1 fully saturated rings. The molecule has 1 aromatic carbocycles. The number of nitro groups is 1. The molecule has 1 unspecified atom stereocenters. The number of carbonyl (C=O) groups excluding carboxylic acids is 1. The fourth-order valence-electron chi connectivity index (χ4n) is 1.83. The highest BCUT2D eigenvalue weighted by atomic mass is 35.5. The lowest BCUT2D eigenvalue weighted by molar-refractivity contribution is -0.385. The maximum Gasteiger partial charge on any atom is 0.281 e. The van der Waals surface area contributed by atoms with Crippen LogP contribution in [-0.4, -0.2) is 22.2 Å². The Morgan fingerprint density at radius 3 is 2.88 bits per heavy atom. The van der Waals surface area contributed by atoms with Gasteiger partial charge in [-0.15, -0.1) is 0 Å². The van der Waals surface area contributed by atoms with Crippen LogP contribution in [0.4, 0.5) is 5.69 Å². The predicted octanol–water partition coefficient (Wildman–Crippen LogP) is 3.18. The molecular weight excluding hydrogens is 262 g/mol. The largest absolute Gasteiger partial charge is 0.294 e. The van der Waals surface area contributed by atoms with Crippen LogP contribution in [0.1, 0.15) is 16.8 Å². The lowest BCUT2D eigenvalue weighted by atomic mass is 9.96. The van der Waals surface area contributed by atoms with Gasteiger partial charge in [-0.05, 0) is 24.3 Å². The average molecular weight is 272 g/mol. The summed E-state index contributed by atoms with van der Waals surface area (Å²) in [6, 6.07) is 4.20. The van der Waals surface area contributed by atoms with Crippen LogP contribution in [0.3, 0.4) is 0 Å². The highest BCUT2D eigenvalue weighted by Gasteiger charge is 2.29. The summed E-state index contributed by atoms with van der Waals surface area (Å²) in [6.07, 6.45) is 0.795. The molecule has 0 spiro atoms. The van der Waals surface area contributed by atoms with Crippen LogP contribution >= 0.6 is 23.4 Å². The van der Waals surface area contributed by atoms with Crippen molar-refractivity contribution >= 4 is 34.8 Å². The molecule has 0 N–H and O–H groups in total. The Hall–Kier alpha value is -1.07. The zero-order valence-electron chi connectivity index (χ0n) is 8.89. The first-order valence-corrected chi connectivity index (χ1v) is 6.69. The van der Waals surface area contributed by atoms with E-state index in [2.05, 4.69) is 0 Å². The minimum Gasteiger partial charge on any atom is -0.294 e. The van der Waals surface area contributed by atoms with Crippen LogP contribution in [0.5, 0.6) is 0 Å². The van der Waals surface area contributed by atoms with Crippen molar-refractivity contribution in [1.82, 2.24) is 0 Å². The quantitative estimate of drug-likeness (QED) is 0.481. The van der Waals surface area contributed by atoms with E-state index in [0.29, 0.717) is 0 Å². The van der Waals surface area contributed by atoms with Crippen molar-refractivity contribution in [2.75, 3.05) is 11.5 Å².